The van der Waals surface area contributed by atoms with Crippen LogP contribution >= 0.6 is 38.6 Å². The van der Waals surface area contributed by atoms with Gasteiger partial charge in [0.15, 0.2) is 0 Å². The molecule has 3 nitrogen and oxygen atoms in total. The monoisotopic (exact) mass is 468 g/mol. The molecule has 28 heavy (non-hydrogen) atoms. The fraction of sp³-hybridized carbons (Fsp3) is 0.182. The number of aryl methyl sites for hydroxylation is 1. The second-order valence-electron chi connectivity index (χ2n) is 6.84. The van der Waals surface area contributed by atoms with Crippen molar-refractivity contribution >= 4 is 60.0 Å². The molecule has 0 saturated heterocycles. The summed E-state index contributed by atoms with van der Waals surface area (Å²) >= 11 is 6.97. The Morgan fingerprint density at radius 2 is 1.93 bits per heavy atom. The Labute approximate surface area is 179 Å². The van der Waals surface area contributed by atoms with Crippen molar-refractivity contribution in [3.05, 3.63) is 62.9 Å². The molecule has 0 radical (unpaired) electrons. The SMILES string of the molecule is Oc1ccc(Br)cc1C=Nc1sc2c(c1-c1nc3ccccc3s1)CCCC2. The molecule has 2 heterocycles. The van der Waals surface area contributed by atoms with Gasteiger partial charge in [0.25, 0.3) is 0 Å². The standard InChI is InChI=1S/C22H17BrN2OS2/c23-14-9-10-17(26)13(11-14)12-24-21-20(15-5-1-3-7-18(15)27-21)22-25-16-6-2-4-8-19(16)28-22/h2,4,6,8-12,26H,1,3,5,7H2. The smallest absolute Gasteiger partial charge is 0.127 e. The van der Waals surface area contributed by atoms with Gasteiger partial charge in [-0.2, -0.15) is 0 Å². The van der Waals surface area contributed by atoms with Gasteiger partial charge in [0.2, 0.25) is 0 Å². The number of aliphatic imine (C=N–C) groups is 1. The molecular formula is C22H17BrN2OS2. The molecule has 2 aromatic carbocycles. The van der Waals surface area contributed by atoms with E-state index in [4.69, 9.17) is 9.98 Å². The van der Waals surface area contributed by atoms with Gasteiger partial charge in [0.1, 0.15) is 15.8 Å². The van der Waals surface area contributed by atoms with E-state index in [2.05, 4.69) is 34.1 Å². The zero-order valence-corrected chi connectivity index (χ0v) is 18.2. The molecule has 4 aromatic rings. The van der Waals surface area contributed by atoms with Crippen LogP contribution in [0, 0.1) is 0 Å². The van der Waals surface area contributed by atoms with E-state index in [-0.39, 0.29) is 5.75 Å². The van der Waals surface area contributed by atoms with Crippen LogP contribution in [0.4, 0.5) is 5.00 Å². The van der Waals surface area contributed by atoms with Crippen molar-refractivity contribution in [3.8, 4) is 16.3 Å². The average molecular weight is 469 g/mol. The summed E-state index contributed by atoms with van der Waals surface area (Å²) in [7, 11) is 0. The molecule has 0 unspecified atom stereocenters. The fourth-order valence-electron chi connectivity index (χ4n) is 3.60. The van der Waals surface area contributed by atoms with Crippen LogP contribution in [0.25, 0.3) is 20.8 Å². The summed E-state index contributed by atoms with van der Waals surface area (Å²) in [5, 5.41) is 12.2. The number of thiophene rings is 1. The number of rotatable bonds is 3. The lowest BCUT2D eigenvalue weighted by atomic mass is 9.96. The number of benzene rings is 2. The van der Waals surface area contributed by atoms with E-state index in [1.807, 2.05) is 18.2 Å². The summed E-state index contributed by atoms with van der Waals surface area (Å²) in [6.07, 6.45) is 6.43. The second-order valence-corrected chi connectivity index (χ2v) is 9.87. The molecule has 1 aliphatic rings. The maximum absolute atomic E-state index is 10.1. The molecule has 0 spiro atoms. The molecule has 1 aliphatic carbocycles. The highest BCUT2D eigenvalue weighted by atomic mass is 79.9. The fourth-order valence-corrected chi connectivity index (χ4v) is 6.32. The summed E-state index contributed by atoms with van der Waals surface area (Å²) in [4.78, 5) is 11.2. The minimum absolute atomic E-state index is 0.231. The van der Waals surface area contributed by atoms with Crippen molar-refractivity contribution in [1.82, 2.24) is 4.98 Å². The Morgan fingerprint density at radius 1 is 1.07 bits per heavy atom. The van der Waals surface area contributed by atoms with Crippen LogP contribution in [0.15, 0.2) is 51.9 Å². The molecule has 0 bridgehead atoms. The highest BCUT2D eigenvalue weighted by molar-refractivity contribution is 9.10. The van der Waals surface area contributed by atoms with Gasteiger partial charge in [-0.25, -0.2) is 9.98 Å². The van der Waals surface area contributed by atoms with Crippen LogP contribution in [0.2, 0.25) is 0 Å². The molecule has 6 heteroatoms. The average Bonchev–Trinajstić information content (AvgIpc) is 3.29. The second kappa shape index (κ2) is 7.43. The Bertz CT molecular complexity index is 1180. The van der Waals surface area contributed by atoms with Crippen molar-refractivity contribution in [2.45, 2.75) is 25.7 Å². The Hall–Kier alpha value is -2.02. The topological polar surface area (TPSA) is 45.5 Å². The minimum Gasteiger partial charge on any atom is -0.507 e. The third-order valence-electron chi connectivity index (χ3n) is 4.97. The third kappa shape index (κ3) is 3.30. The number of fused-ring (bicyclic) bond motifs is 2. The van der Waals surface area contributed by atoms with Crippen molar-refractivity contribution in [1.29, 1.82) is 0 Å². The predicted octanol–water partition coefficient (Wildman–Crippen LogP) is 7.12. The van der Waals surface area contributed by atoms with Crippen LogP contribution in [-0.2, 0) is 12.8 Å². The lowest BCUT2D eigenvalue weighted by Gasteiger charge is -2.11. The molecule has 0 fully saturated rings. The maximum Gasteiger partial charge on any atom is 0.127 e. The molecule has 140 valence electrons. The van der Waals surface area contributed by atoms with Crippen molar-refractivity contribution < 1.29 is 5.11 Å². The van der Waals surface area contributed by atoms with Gasteiger partial charge in [0, 0.05) is 21.1 Å². The van der Waals surface area contributed by atoms with E-state index in [9.17, 15) is 5.11 Å². The van der Waals surface area contributed by atoms with Crippen molar-refractivity contribution in [3.63, 3.8) is 0 Å². The number of hydrogen-bond donors (Lipinski definition) is 1. The molecular weight excluding hydrogens is 452 g/mol. The van der Waals surface area contributed by atoms with Crippen LogP contribution < -0.4 is 0 Å². The number of aromatic hydroxyl groups is 1. The summed E-state index contributed by atoms with van der Waals surface area (Å²) in [6, 6.07) is 13.7. The zero-order valence-electron chi connectivity index (χ0n) is 15.0. The number of nitrogens with zero attached hydrogens (tertiary/aromatic N) is 2. The number of para-hydroxylation sites is 1. The van der Waals surface area contributed by atoms with Crippen molar-refractivity contribution in [2.24, 2.45) is 4.99 Å². The first-order valence-electron chi connectivity index (χ1n) is 9.22. The van der Waals surface area contributed by atoms with E-state index >= 15 is 0 Å². The number of phenolic OH excluding ortho intramolecular Hbond substituents is 1. The van der Waals surface area contributed by atoms with Gasteiger partial charge in [0.05, 0.1) is 15.8 Å². The first-order chi connectivity index (χ1) is 13.7. The molecule has 0 amide bonds. The van der Waals surface area contributed by atoms with Crippen molar-refractivity contribution in [2.75, 3.05) is 0 Å². The molecule has 0 aliphatic heterocycles. The highest BCUT2D eigenvalue weighted by Crippen LogP contribution is 2.47. The van der Waals surface area contributed by atoms with E-state index in [1.165, 1.54) is 33.5 Å². The van der Waals surface area contributed by atoms with Gasteiger partial charge in [-0.1, -0.05) is 28.1 Å². The van der Waals surface area contributed by atoms with Crippen LogP contribution in [-0.4, -0.2) is 16.3 Å². The molecule has 0 saturated carbocycles. The van der Waals surface area contributed by atoms with Crippen LogP contribution in [0.3, 0.4) is 0 Å². The third-order valence-corrected chi connectivity index (χ3v) is 7.72. The molecule has 2 aromatic heterocycles. The summed E-state index contributed by atoms with van der Waals surface area (Å²) in [5.74, 6) is 0.231. The van der Waals surface area contributed by atoms with E-state index < -0.39 is 0 Å². The summed E-state index contributed by atoms with van der Waals surface area (Å²) in [6.45, 7) is 0. The first-order valence-corrected chi connectivity index (χ1v) is 11.6. The molecule has 0 atom stereocenters. The van der Waals surface area contributed by atoms with Gasteiger partial charge < -0.3 is 5.11 Å². The number of aromatic nitrogens is 1. The quantitative estimate of drug-likeness (QED) is 0.325. The maximum atomic E-state index is 10.1. The normalized spacial score (nSPS) is 14.0. The Morgan fingerprint density at radius 3 is 2.82 bits per heavy atom. The lowest BCUT2D eigenvalue weighted by Crippen LogP contribution is -1.99. The highest BCUT2D eigenvalue weighted by Gasteiger charge is 2.23. The molecule has 5 rings (SSSR count). The Kier molecular flexibility index (Phi) is 4.78. The lowest BCUT2D eigenvalue weighted by molar-refractivity contribution is 0.474. The van der Waals surface area contributed by atoms with Crippen LogP contribution in [0.1, 0.15) is 28.8 Å². The minimum atomic E-state index is 0.231. The zero-order chi connectivity index (χ0) is 19.1. The van der Waals surface area contributed by atoms with E-state index in [0.29, 0.717) is 5.56 Å². The van der Waals surface area contributed by atoms with Gasteiger partial charge in [-0.15, -0.1) is 22.7 Å². The van der Waals surface area contributed by atoms with E-state index in [1.54, 1.807) is 35.0 Å². The summed E-state index contributed by atoms with van der Waals surface area (Å²) in [5.41, 5.74) is 4.35. The van der Waals surface area contributed by atoms with Gasteiger partial charge in [-0.05, 0) is 61.6 Å². The number of phenols is 1. The van der Waals surface area contributed by atoms with Gasteiger partial charge >= 0.3 is 0 Å². The largest absolute Gasteiger partial charge is 0.507 e. The number of hydrogen-bond acceptors (Lipinski definition) is 5. The summed E-state index contributed by atoms with van der Waals surface area (Å²) < 4.78 is 2.12. The number of thiazole rings is 1. The molecule has 1 N–H and O–H groups in total. The van der Waals surface area contributed by atoms with Crippen LogP contribution in [0.5, 0.6) is 5.75 Å². The Balaban J connectivity index is 1.64. The van der Waals surface area contributed by atoms with E-state index in [0.717, 1.165) is 32.8 Å². The first kappa shape index (κ1) is 18.0. The number of halogens is 1. The predicted molar refractivity (Wildman–Crippen MR) is 123 cm³/mol. The van der Waals surface area contributed by atoms with Gasteiger partial charge in [-0.3, -0.25) is 0 Å².